The standard InChI is InChI=1S/C13H24O2/c1-7-11(10(4)14)12(15)13(5,6)8-9(2)3/h9,11H,7-8H2,1-6H3. The van der Waals surface area contributed by atoms with Crippen LogP contribution in [0.15, 0.2) is 0 Å². The van der Waals surface area contributed by atoms with E-state index in [0.29, 0.717) is 12.3 Å². The summed E-state index contributed by atoms with van der Waals surface area (Å²) >= 11 is 0. The summed E-state index contributed by atoms with van der Waals surface area (Å²) in [5.74, 6) is 0.178. The van der Waals surface area contributed by atoms with Crippen LogP contribution in [0.1, 0.15) is 54.4 Å². The van der Waals surface area contributed by atoms with Crippen molar-refractivity contribution in [3.05, 3.63) is 0 Å². The van der Waals surface area contributed by atoms with Gasteiger partial charge in [0.15, 0.2) is 0 Å². The first-order valence-corrected chi connectivity index (χ1v) is 5.77. The second kappa shape index (κ2) is 5.43. The molecule has 0 spiro atoms. The maximum atomic E-state index is 12.2. The van der Waals surface area contributed by atoms with Gasteiger partial charge in [0.05, 0.1) is 5.92 Å². The molecule has 0 saturated carbocycles. The summed E-state index contributed by atoms with van der Waals surface area (Å²) in [6.07, 6.45) is 1.46. The number of carbonyl (C=O) groups excluding carboxylic acids is 2. The Morgan fingerprint density at radius 2 is 1.67 bits per heavy atom. The molecule has 0 fully saturated rings. The lowest BCUT2D eigenvalue weighted by atomic mass is 9.74. The van der Waals surface area contributed by atoms with Crippen molar-refractivity contribution < 1.29 is 9.59 Å². The third-order valence-corrected chi connectivity index (χ3v) is 2.80. The van der Waals surface area contributed by atoms with Crippen molar-refractivity contribution in [3.8, 4) is 0 Å². The van der Waals surface area contributed by atoms with Crippen molar-refractivity contribution >= 4 is 11.6 Å². The Balaban J connectivity index is 4.73. The van der Waals surface area contributed by atoms with E-state index < -0.39 is 5.92 Å². The zero-order chi connectivity index (χ0) is 12.2. The molecule has 0 aliphatic heterocycles. The molecular formula is C13H24O2. The van der Waals surface area contributed by atoms with Crippen molar-refractivity contribution in [1.82, 2.24) is 0 Å². The van der Waals surface area contributed by atoms with Gasteiger partial charge in [-0.3, -0.25) is 9.59 Å². The maximum absolute atomic E-state index is 12.2. The van der Waals surface area contributed by atoms with Crippen LogP contribution in [0.25, 0.3) is 0 Å². The van der Waals surface area contributed by atoms with Crippen LogP contribution in [0.5, 0.6) is 0 Å². The monoisotopic (exact) mass is 212 g/mol. The Kier molecular flexibility index (Phi) is 5.19. The summed E-state index contributed by atoms with van der Waals surface area (Å²) in [4.78, 5) is 23.5. The minimum atomic E-state index is -0.404. The highest BCUT2D eigenvalue weighted by Gasteiger charge is 2.35. The average Bonchev–Trinajstić information content (AvgIpc) is 2.01. The lowest BCUT2D eigenvalue weighted by Crippen LogP contribution is -2.35. The topological polar surface area (TPSA) is 34.1 Å². The van der Waals surface area contributed by atoms with Crippen LogP contribution in [0.4, 0.5) is 0 Å². The van der Waals surface area contributed by atoms with Gasteiger partial charge in [0.1, 0.15) is 11.6 Å². The van der Waals surface area contributed by atoms with E-state index >= 15 is 0 Å². The molecule has 0 radical (unpaired) electrons. The highest BCUT2D eigenvalue weighted by atomic mass is 16.2. The van der Waals surface area contributed by atoms with Crippen molar-refractivity contribution in [3.63, 3.8) is 0 Å². The van der Waals surface area contributed by atoms with Gasteiger partial charge in [-0.2, -0.15) is 0 Å². The smallest absolute Gasteiger partial charge is 0.148 e. The molecule has 0 aliphatic carbocycles. The van der Waals surface area contributed by atoms with E-state index in [1.807, 2.05) is 20.8 Å². The molecule has 15 heavy (non-hydrogen) atoms. The van der Waals surface area contributed by atoms with Crippen LogP contribution < -0.4 is 0 Å². The molecule has 0 saturated heterocycles. The lowest BCUT2D eigenvalue weighted by molar-refractivity contribution is -0.138. The number of hydrogen-bond acceptors (Lipinski definition) is 2. The Labute approximate surface area is 93.4 Å². The van der Waals surface area contributed by atoms with Gasteiger partial charge in [-0.25, -0.2) is 0 Å². The van der Waals surface area contributed by atoms with Gasteiger partial charge in [-0.15, -0.1) is 0 Å². The zero-order valence-electron chi connectivity index (χ0n) is 10.9. The molecule has 0 aromatic heterocycles. The lowest BCUT2D eigenvalue weighted by Gasteiger charge is -2.28. The van der Waals surface area contributed by atoms with Crippen molar-refractivity contribution in [1.29, 1.82) is 0 Å². The molecule has 0 amide bonds. The first-order valence-electron chi connectivity index (χ1n) is 5.77. The Hall–Kier alpha value is -0.660. The van der Waals surface area contributed by atoms with Crippen LogP contribution >= 0.6 is 0 Å². The second-order valence-corrected chi connectivity index (χ2v) is 5.42. The van der Waals surface area contributed by atoms with Crippen LogP contribution in [-0.4, -0.2) is 11.6 Å². The summed E-state index contributed by atoms with van der Waals surface area (Å²) in [6, 6.07) is 0. The molecule has 0 aliphatic rings. The molecule has 0 bridgehead atoms. The van der Waals surface area contributed by atoms with E-state index in [4.69, 9.17) is 0 Å². The van der Waals surface area contributed by atoms with Crippen LogP contribution in [-0.2, 0) is 9.59 Å². The van der Waals surface area contributed by atoms with Gasteiger partial charge in [0.25, 0.3) is 0 Å². The molecule has 1 unspecified atom stereocenters. The molecule has 0 aromatic rings. The minimum absolute atomic E-state index is 0.000619. The SMILES string of the molecule is CCC(C(C)=O)C(=O)C(C)(C)CC(C)C. The van der Waals surface area contributed by atoms with E-state index in [0.717, 1.165) is 6.42 Å². The molecule has 0 aromatic carbocycles. The molecule has 88 valence electrons. The first kappa shape index (κ1) is 14.3. The summed E-state index contributed by atoms with van der Waals surface area (Å²) < 4.78 is 0. The van der Waals surface area contributed by atoms with Crippen LogP contribution in [0.2, 0.25) is 0 Å². The second-order valence-electron chi connectivity index (χ2n) is 5.42. The van der Waals surface area contributed by atoms with E-state index in [-0.39, 0.29) is 17.0 Å². The number of hydrogen-bond donors (Lipinski definition) is 0. The fourth-order valence-corrected chi connectivity index (χ4v) is 2.25. The number of carbonyl (C=O) groups is 2. The molecular weight excluding hydrogens is 188 g/mol. The highest BCUT2D eigenvalue weighted by molar-refractivity contribution is 6.03. The Morgan fingerprint density at radius 1 is 1.20 bits per heavy atom. The number of ketones is 2. The third kappa shape index (κ3) is 4.15. The highest BCUT2D eigenvalue weighted by Crippen LogP contribution is 2.30. The molecule has 2 heteroatoms. The van der Waals surface area contributed by atoms with Crippen LogP contribution in [0.3, 0.4) is 0 Å². The number of rotatable bonds is 6. The zero-order valence-corrected chi connectivity index (χ0v) is 10.9. The third-order valence-electron chi connectivity index (χ3n) is 2.80. The van der Waals surface area contributed by atoms with E-state index in [1.54, 1.807) is 0 Å². The van der Waals surface area contributed by atoms with E-state index in [1.165, 1.54) is 6.92 Å². The van der Waals surface area contributed by atoms with Crippen molar-refractivity contribution in [2.45, 2.75) is 54.4 Å². The fourth-order valence-electron chi connectivity index (χ4n) is 2.25. The molecule has 1 atom stereocenters. The normalized spacial score (nSPS) is 14.1. The van der Waals surface area contributed by atoms with Gasteiger partial charge in [0, 0.05) is 5.41 Å². The van der Waals surface area contributed by atoms with Gasteiger partial charge in [0.2, 0.25) is 0 Å². The van der Waals surface area contributed by atoms with Crippen LogP contribution in [0, 0.1) is 17.3 Å². The summed E-state index contributed by atoms with van der Waals surface area (Å²) in [7, 11) is 0. The molecule has 0 N–H and O–H groups in total. The van der Waals surface area contributed by atoms with Crippen molar-refractivity contribution in [2.75, 3.05) is 0 Å². The molecule has 0 heterocycles. The Bertz CT molecular complexity index is 239. The fraction of sp³-hybridized carbons (Fsp3) is 0.846. The quantitative estimate of drug-likeness (QED) is 0.633. The predicted molar refractivity (Wildman–Crippen MR) is 62.7 cm³/mol. The number of Topliss-reactive ketones (excluding diaryl/α,β-unsaturated/α-hetero) is 2. The van der Waals surface area contributed by atoms with Gasteiger partial charge < -0.3 is 0 Å². The van der Waals surface area contributed by atoms with Gasteiger partial charge >= 0.3 is 0 Å². The van der Waals surface area contributed by atoms with E-state index in [9.17, 15) is 9.59 Å². The molecule has 2 nitrogen and oxygen atoms in total. The average molecular weight is 212 g/mol. The Morgan fingerprint density at radius 3 is 1.93 bits per heavy atom. The van der Waals surface area contributed by atoms with E-state index in [2.05, 4.69) is 13.8 Å². The van der Waals surface area contributed by atoms with Crippen molar-refractivity contribution in [2.24, 2.45) is 17.3 Å². The first-order chi connectivity index (χ1) is 6.72. The summed E-state index contributed by atoms with van der Waals surface area (Å²) in [5.41, 5.74) is -0.374. The van der Waals surface area contributed by atoms with Gasteiger partial charge in [-0.05, 0) is 25.7 Å². The predicted octanol–water partition coefficient (Wildman–Crippen LogP) is 3.24. The minimum Gasteiger partial charge on any atom is -0.299 e. The largest absolute Gasteiger partial charge is 0.299 e. The summed E-state index contributed by atoms with van der Waals surface area (Å²) in [6.45, 7) is 11.5. The summed E-state index contributed by atoms with van der Waals surface area (Å²) in [5, 5.41) is 0. The maximum Gasteiger partial charge on any atom is 0.148 e. The van der Waals surface area contributed by atoms with Gasteiger partial charge in [-0.1, -0.05) is 34.6 Å². The molecule has 0 rings (SSSR count).